The van der Waals surface area contributed by atoms with Crippen molar-refractivity contribution in [1.29, 1.82) is 0 Å². The van der Waals surface area contributed by atoms with Crippen molar-refractivity contribution in [3.63, 3.8) is 0 Å². The van der Waals surface area contributed by atoms with Crippen LogP contribution >= 0.6 is 0 Å². The molecule has 2 amide bonds. The summed E-state index contributed by atoms with van der Waals surface area (Å²) in [6, 6.07) is 5.07. The van der Waals surface area contributed by atoms with E-state index in [1.807, 2.05) is 26.0 Å². The van der Waals surface area contributed by atoms with Crippen LogP contribution in [0.25, 0.3) is 0 Å². The number of urea groups is 1. The summed E-state index contributed by atoms with van der Waals surface area (Å²) in [5, 5.41) is 5.54. The van der Waals surface area contributed by atoms with Crippen LogP contribution in [-0.4, -0.2) is 35.3 Å². The van der Waals surface area contributed by atoms with Gasteiger partial charge in [-0.25, -0.2) is 9.59 Å². The number of hydrogen-bond donors (Lipinski definition) is 2. The number of aromatic nitrogens is 2. The molecule has 8 heteroatoms. The lowest BCUT2D eigenvalue weighted by Crippen LogP contribution is -2.35. The fraction of sp³-hybridized carbons (Fsp3) is 0.389. The van der Waals surface area contributed by atoms with Gasteiger partial charge in [0.1, 0.15) is 13.2 Å². The van der Waals surface area contributed by atoms with Crippen molar-refractivity contribution < 1.29 is 14.3 Å². The summed E-state index contributed by atoms with van der Waals surface area (Å²) in [5.74, 6) is 1.30. The van der Waals surface area contributed by atoms with Crippen LogP contribution in [0.3, 0.4) is 0 Å². The number of carbonyl (C=O) groups is 1. The molecule has 138 valence electrons. The lowest BCUT2D eigenvalue weighted by molar-refractivity contribution is 0.171. The van der Waals surface area contributed by atoms with Crippen LogP contribution < -0.4 is 25.8 Å². The molecule has 2 heterocycles. The molecule has 0 fully saturated rings. The number of benzene rings is 1. The lowest BCUT2D eigenvalue weighted by atomic mass is 10.1. The largest absolute Gasteiger partial charge is 0.486 e. The minimum absolute atomic E-state index is 0.306. The molecule has 1 aliphatic rings. The summed E-state index contributed by atoms with van der Waals surface area (Å²) in [6.45, 7) is 7.17. The van der Waals surface area contributed by atoms with Gasteiger partial charge in [0.2, 0.25) is 0 Å². The number of aryl methyl sites for hydroxylation is 3. The maximum Gasteiger partial charge on any atom is 0.348 e. The van der Waals surface area contributed by atoms with Crippen LogP contribution in [0.4, 0.5) is 10.5 Å². The minimum atomic E-state index is -0.351. The molecule has 1 aromatic carbocycles. The molecular weight excluding hydrogens is 336 g/mol. The van der Waals surface area contributed by atoms with Gasteiger partial charge in [0.05, 0.1) is 0 Å². The molecule has 0 saturated heterocycles. The number of nitrogens with one attached hydrogen (secondary N) is 2. The molecule has 2 aromatic rings. The second kappa shape index (κ2) is 7.47. The van der Waals surface area contributed by atoms with Gasteiger partial charge in [0.25, 0.3) is 0 Å². The molecule has 0 aliphatic carbocycles. The highest BCUT2D eigenvalue weighted by atomic mass is 16.6. The fourth-order valence-corrected chi connectivity index (χ4v) is 2.82. The van der Waals surface area contributed by atoms with Crippen molar-refractivity contribution in [2.75, 3.05) is 25.1 Å². The summed E-state index contributed by atoms with van der Waals surface area (Å²) < 4.78 is 12.6. The van der Waals surface area contributed by atoms with Crippen LogP contribution in [-0.2, 0) is 6.54 Å². The molecule has 0 unspecified atom stereocenters. The molecule has 3 rings (SSSR count). The Morgan fingerprint density at radius 1 is 1.15 bits per heavy atom. The monoisotopic (exact) mass is 358 g/mol. The molecule has 26 heavy (non-hydrogen) atoms. The number of rotatable bonds is 4. The predicted molar refractivity (Wildman–Crippen MR) is 97.2 cm³/mol. The van der Waals surface area contributed by atoms with E-state index < -0.39 is 0 Å². The minimum Gasteiger partial charge on any atom is -0.486 e. The van der Waals surface area contributed by atoms with Crippen molar-refractivity contribution in [3.05, 3.63) is 45.6 Å². The van der Waals surface area contributed by atoms with E-state index in [2.05, 4.69) is 15.6 Å². The molecule has 8 nitrogen and oxygen atoms in total. The Kier molecular flexibility index (Phi) is 5.11. The van der Waals surface area contributed by atoms with Gasteiger partial charge in [-0.15, -0.1) is 0 Å². The summed E-state index contributed by atoms with van der Waals surface area (Å²) in [5.41, 5.74) is 2.71. The Morgan fingerprint density at radius 3 is 2.54 bits per heavy atom. The second-order valence-electron chi connectivity index (χ2n) is 6.16. The van der Waals surface area contributed by atoms with Gasteiger partial charge >= 0.3 is 11.7 Å². The van der Waals surface area contributed by atoms with E-state index in [1.165, 1.54) is 4.57 Å². The summed E-state index contributed by atoms with van der Waals surface area (Å²) >= 11 is 0. The van der Waals surface area contributed by atoms with Crippen LogP contribution in [0.5, 0.6) is 11.5 Å². The number of carbonyl (C=O) groups excluding carboxylic acids is 1. The van der Waals surface area contributed by atoms with E-state index in [-0.39, 0.29) is 11.7 Å². The number of nitrogens with zero attached hydrogens (tertiary/aromatic N) is 2. The van der Waals surface area contributed by atoms with E-state index in [0.717, 1.165) is 11.3 Å². The van der Waals surface area contributed by atoms with Crippen LogP contribution in [0.1, 0.15) is 17.0 Å². The van der Waals surface area contributed by atoms with Gasteiger partial charge in [-0.2, -0.15) is 4.98 Å². The third-order valence-corrected chi connectivity index (χ3v) is 4.10. The molecule has 1 aliphatic heterocycles. The van der Waals surface area contributed by atoms with Gasteiger partial charge in [-0.1, -0.05) is 0 Å². The smallest absolute Gasteiger partial charge is 0.348 e. The van der Waals surface area contributed by atoms with Gasteiger partial charge < -0.3 is 20.1 Å². The maximum atomic E-state index is 12.1. The van der Waals surface area contributed by atoms with Gasteiger partial charge in [0.15, 0.2) is 11.5 Å². The molecule has 0 atom stereocenters. The van der Waals surface area contributed by atoms with Crippen LogP contribution in [0.2, 0.25) is 0 Å². The average molecular weight is 358 g/mol. The summed E-state index contributed by atoms with van der Waals surface area (Å²) in [4.78, 5) is 28.0. The van der Waals surface area contributed by atoms with Crippen molar-refractivity contribution >= 4 is 11.7 Å². The molecule has 0 spiro atoms. The number of anilines is 1. The molecule has 0 saturated carbocycles. The molecular formula is C18H22N4O4. The highest BCUT2D eigenvalue weighted by Crippen LogP contribution is 2.35. The topological polar surface area (TPSA) is 94.5 Å². The first-order valence-corrected chi connectivity index (χ1v) is 8.44. The quantitative estimate of drug-likeness (QED) is 0.868. The Morgan fingerprint density at radius 2 is 1.85 bits per heavy atom. The number of fused-ring (bicyclic) bond motifs is 1. The van der Waals surface area contributed by atoms with Crippen molar-refractivity contribution in [1.82, 2.24) is 14.9 Å². The lowest BCUT2D eigenvalue weighted by Gasteiger charge is -2.20. The van der Waals surface area contributed by atoms with E-state index >= 15 is 0 Å². The Hall–Kier alpha value is -3.03. The Bertz CT molecular complexity index is 891. The number of hydrogen-bond acceptors (Lipinski definition) is 5. The van der Waals surface area contributed by atoms with Gasteiger partial charge in [0, 0.05) is 36.2 Å². The fourth-order valence-electron chi connectivity index (χ4n) is 2.82. The summed E-state index contributed by atoms with van der Waals surface area (Å²) in [7, 11) is 0. The second-order valence-corrected chi connectivity index (χ2v) is 6.16. The van der Waals surface area contributed by atoms with Crippen LogP contribution in [0.15, 0.2) is 23.0 Å². The highest BCUT2D eigenvalue weighted by Gasteiger charge is 2.15. The summed E-state index contributed by atoms with van der Waals surface area (Å²) in [6.07, 6.45) is 0. The zero-order valence-corrected chi connectivity index (χ0v) is 15.1. The Labute approximate surface area is 151 Å². The average Bonchev–Trinajstić information content (AvgIpc) is 2.58. The molecule has 0 bridgehead atoms. The normalized spacial score (nSPS) is 12.6. The standard InChI is InChI=1S/C18H22N4O4/c1-11-8-15-16(26-7-6-25-15)10-14(11)21-17(23)19-4-5-22-13(3)9-12(2)20-18(22)24/h8-10H,4-7H2,1-3H3,(H2,19,21,23). The molecule has 0 radical (unpaired) electrons. The van der Waals surface area contributed by atoms with Crippen molar-refractivity contribution in [2.24, 2.45) is 0 Å². The maximum absolute atomic E-state index is 12.1. The van der Waals surface area contributed by atoms with E-state index in [4.69, 9.17) is 9.47 Å². The van der Waals surface area contributed by atoms with E-state index in [1.54, 1.807) is 13.0 Å². The molecule has 1 aromatic heterocycles. The predicted octanol–water partition coefficient (Wildman–Crippen LogP) is 1.76. The zero-order chi connectivity index (χ0) is 18.7. The SMILES string of the molecule is Cc1cc(C)n(CCNC(=O)Nc2cc3c(cc2C)OCCO3)c(=O)n1. The first kappa shape index (κ1) is 17.8. The number of amides is 2. The van der Waals surface area contributed by atoms with E-state index in [0.29, 0.717) is 49.2 Å². The first-order valence-electron chi connectivity index (χ1n) is 8.44. The van der Waals surface area contributed by atoms with Crippen molar-refractivity contribution in [2.45, 2.75) is 27.3 Å². The van der Waals surface area contributed by atoms with Crippen LogP contribution in [0, 0.1) is 20.8 Å². The zero-order valence-electron chi connectivity index (χ0n) is 15.1. The van der Waals surface area contributed by atoms with Gasteiger partial charge in [-0.3, -0.25) is 4.57 Å². The van der Waals surface area contributed by atoms with Gasteiger partial charge in [-0.05, 0) is 38.5 Å². The number of ether oxygens (including phenoxy) is 2. The Balaban J connectivity index is 1.59. The van der Waals surface area contributed by atoms with Crippen molar-refractivity contribution in [3.8, 4) is 11.5 Å². The molecule has 2 N–H and O–H groups in total. The third kappa shape index (κ3) is 3.96. The highest BCUT2D eigenvalue weighted by molar-refractivity contribution is 5.90. The third-order valence-electron chi connectivity index (χ3n) is 4.10. The first-order chi connectivity index (χ1) is 12.4. The van der Waals surface area contributed by atoms with E-state index in [9.17, 15) is 9.59 Å².